The molecule has 2 aliphatic rings. The molecule has 1 N–H and O–H groups in total. The summed E-state index contributed by atoms with van der Waals surface area (Å²) in [7, 11) is -2.87. The van der Waals surface area contributed by atoms with E-state index < -0.39 is 9.84 Å². The standard InChI is InChI=1S/C13H21N3O2S2/c1-9-8-20(17,18)6-5-16(9)13-15-10(2)12(19-13)7-14-11-3-4-11/h9,11,14H,3-8H2,1-2H3. The van der Waals surface area contributed by atoms with E-state index in [1.54, 1.807) is 11.3 Å². The van der Waals surface area contributed by atoms with E-state index in [4.69, 9.17) is 0 Å². The molecule has 1 aliphatic heterocycles. The van der Waals surface area contributed by atoms with Gasteiger partial charge in [-0.05, 0) is 26.7 Å². The van der Waals surface area contributed by atoms with Gasteiger partial charge < -0.3 is 10.2 Å². The van der Waals surface area contributed by atoms with Crippen LogP contribution in [0.25, 0.3) is 0 Å². The lowest BCUT2D eigenvalue weighted by atomic mass is 10.3. The van der Waals surface area contributed by atoms with Crippen molar-refractivity contribution in [3.63, 3.8) is 0 Å². The van der Waals surface area contributed by atoms with Crippen molar-refractivity contribution in [2.75, 3.05) is 23.0 Å². The van der Waals surface area contributed by atoms with E-state index in [0.717, 1.165) is 17.4 Å². The Balaban J connectivity index is 1.71. The van der Waals surface area contributed by atoms with E-state index in [0.29, 0.717) is 12.6 Å². The first-order valence-corrected chi connectivity index (χ1v) is 9.75. The van der Waals surface area contributed by atoms with Gasteiger partial charge in [0.15, 0.2) is 15.0 Å². The molecule has 0 radical (unpaired) electrons. The van der Waals surface area contributed by atoms with E-state index in [2.05, 4.69) is 15.2 Å². The Morgan fingerprint density at radius 3 is 2.85 bits per heavy atom. The van der Waals surface area contributed by atoms with Gasteiger partial charge in [-0.3, -0.25) is 0 Å². The van der Waals surface area contributed by atoms with Gasteiger partial charge in [-0.2, -0.15) is 0 Å². The van der Waals surface area contributed by atoms with Crippen molar-refractivity contribution in [3.8, 4) is 0 Å². The number of aryl methyl sites for hydroxylation is 1. The lowest BCUT2D eigenvalue weighted by molar-refractivity contribution is 0.568. The van der Waals surface area contributed by atoms with Crippen LogP contribution in [0.3, 0.4) is 0 Å². The van der Waals surface area contributed by atoms with Crippen molar-refractivity contribution in [1.82, 2.24) is 10.3 Å². The van der Waals surface area contributed by atoms with Gasteiger partial charge >= 0.3 is 0 Å². The zero-order valence-corrected chi connectivity index (χ0v) is 13.6. The first kappa shape index (κ1) is 14.3. The molecule has 2 fully saturated rings. The van der Waals surface area contributed by atoms with E-state index in [9.17, 15) is 8.42 Å². The Morgan fingerprint density at radius 1 is 1.45 bits per heavy atom. The highest BCUT2D eigenvalue weighted by atomic mass is 32.2. The first-order valence-electron chi connectivity index (χ1n) is 7.11. The molecule has 1 saturated heterocycles. The lowest BCUT2D eigenvalue weighted by Crippen LogP contribution is -2.46. The average Bonchev–Trinajstić information content (AvgIpc) is 3.10. The summed E-state index contributed by atoms with van der Waals surface area (Å²) in [6, 6.07) is 0.711. The van der Waals surface area contributed by atoms with Crippen molar-refractivity contribution in [3.05, 3.63) is 10.6 Å². The van der Waals surface area contributed by atoms with Crippen molar-refractivity contribution in [2.45, 2.75) is 45.3 Å². The third kappa shape index (κ3) is 3.15. The fourth-order valence-electron chi connectivity index (χ4n) is 2.51. The summed E-state index contributed by atoms with van der Waals surface area (Å²) in [5.74, 6) is 0.479. The summed E-state index contributed by atoms with van der Waals surface area (Å²) in [4.78, 5) is 8.05. The highest BCUT2D eigenvalue weighted by molar-refractivity contribution is 7.91. The normalized spacial score (nSPS) is 25.9. The van der Waals surface area contributed by atoms with Crippen LogP contribution >= 0.6 is 11.3 Å². The summed E-state index contributed by atoms with van der Waals surface area (Å²) in [5, 5.41) is 4.48. The maximum absolute atomic E-state index is 11.6. The van der Waals surface area contributed by atoms with E-state index in [-0.39, 0.29) is 17.5 Å². The van der Waals surface area contributed by atoms with Gasteiger partial charge in [0.1, 0.15) is 0 Å². The highest BCUT2D eigenvalue weighted by Crippen LogP contribution is 2.30. The van der Waals surface area contributed by atoms with Crippen LogP contribution in [0.1, 0.15) is 30.3 Å². The molecule has 1 saturated carbocycles. The van der Waals surface area contributed by atoms with Gasteiger partial charge in [-0.1, -0.05) is 0 Å². The molecule has 3 rings (SSSR count). The molecule has 2 heterocycles. The van der Waals surface area contributed by atoms with Crippen molar-refractivity contribution in [2.24, 2.45) is 0 Å². The molecule has 1 unspecified atom stereocenters. The molecular weight excluding hydrogens is 294 g/mol. The van der Waals surface area contributed by atoms with Gasteiger partial charge in [0.2, 0.25) is 0 Å². The zero-order valence-electron chi connectivity index (χ0n) is 11.9. The van der Waals surface area contributed by atoms with Crippen LogP contribution in [0.15, 0.2) is 0 Å². The van der Waals surface area contributed by atoms with E-state index >= 15 is 0 Å². The van der Waals surface area contributed by atoms with E-state index in [1.807, 2.05) is 13.8 Å². The minimum absolute atomic E-state index is 0.0172. The van der Waals surface area contributed by atoms with Gasteiger partial charge in [0.25, 0.3) is 0 Å². The molecule has 1 aliphatic carbocycles. The van der Waals surface area contributed by atoms with Crippen LogP contribution < -0.4 is 10.2 Å². The number of hydrogen-bond acceptors (Lipinski definition) is 6. The fourth-order valence-corrected chi connectivity index (χ4v) is 5.20. The maximum atomic E-state index is 11.6. The number of hydrogen-bond donors (Lipinski definition) is 1. The maximum Gasteiger partial charge on any atom is 0.186 e. The Hall–Kier alpha value is -0.660. The Labute approximate surface area is 124 Å². The minimum Gasteiger partial charge on any atom is -0.343 e. The summed E-state index contributed by atoms with van der Waals surface area (Å²) in [5.41, 5.74) is 1.07. The number of nitrogens with zero attached hydrogens (tertiary/aromatic N) is 2. The van der Waals surface area contributed by atoms with Crippen molar-refractivity contribution < 1.29 is 8.42 Å². The molecule has 1 aromatic heterocycles. The molecular formula is C13H21N3O2S2. The molecule has 7 heteroatoms. The monoisotopic (exact) mass is 315 g/mol. The number of thiazole rings is 1. The minimum atomic E-state index is -2.87. The van der Waals surface area contributed by atoms with Crippen LogP contribution in [-0.4, -0.2) is 43.5 Å². The van der Waals surface area contributed by atoms with Gasteiger partial charge in [0, 0.05) is 30.1 Å². The van der Waals surface area contributed by atoms with Crippen LogP contribution in [0.5, 0.6) is 0 Å². The second-order valence-corrected chi connectivity index (χ2v) is 9.11. The summed E-state index contributed by atoms with van der Waals surface area (Å²) >= 11 is 1.70. The fraction of sp³-hybridized carbons (Fsp3) is 0.769. The highest BCUT2D eigenvalue weighted by Gasteiger charge is 2.30. The molecule has 112 valence electrons. The number of nitrogens with one attached hydrogen (secondary N) is 1. The number of aromatic nitrogens is 1. The molecule has 0 spiro atoms. The van der Waals surface area contributed by atoms with E-state index in [1.165, 1.54) is 17.7 Å². The van der Waals surface area contributed by atoms with Crippen LogP contribution in [0.2, 0.25) is 0 Å². The smallest absolute Gasteiger partial charge is 0.186 e. The predicted molar refractivity (Wildman–Crippen MR) is 82.2 cm³/mol. The quantitative estimate of drug-likeness (QED) is 0.908. The zero-order chi connectivity index (χ0) is 14.3. The summed E-state index contributed by atoms with van der Waals surface area (Å²) < 4.78 is 23.3. The lowest BCUT2D eigenvalue weighted by Gasteiger charge is -2.32. The van der Waals surface area contributed by atoms with Gasteiger partial charge in [-0.25, -0.2) is 13.4 Å². The van der Waals surface area contributed by atoms with Gasteiger partial charge in [-0.15, -0.1) is 11.3 Å². The third-order valence-electron chi connectivity index (χ3n) is 3.93. The molecule has 0 aromatic carbocycles. The Kier molecular flexibility index (Phi) is 3.77. The Bertz CT molecular complexity index is 593. The Morgan fingerprint density at radius 2 is 2.20 bits per heavy atom. The molecule has 1 aromatic rings. The third-order valence-corrected chi connectivity index (χ3v) is 6.92. The topological polar surface area (TPSA) is 62.3 Å². The second-order valence-electron chi connectivity index (χ2n) is 5.82. The van der Waals surface area contributed by atoms with Crippen LogP contribution in [0.4, 0.5) is 5.13 Å². The van der Waals surface area contributed by atoms with Gasteiger partial charge in [0.05, 0.1) is 17.2 Å². The average molecular weight is 315 g/mol. The largest absolute Gasteiger partial charge is 0.343 e. The summed E-state index contributed by atoms with van der Waals surface area (Å²) in [6.07, 6.45) is 2.57. The second kappa shape index (κ2) is 5.27. The molecule has 1 atom stereocenters. The molecule has 0 amide bonds. The number of sulfone groups is 1. The number of rotatable bonds is 4. The first-order chi connectivity index (χ1) is 9.44. The van der Waals surface area contributed by atoms with Crippen LogP contribution in [-0.2, 0) is 16.4 Å². The van der Waals surface area contributed by atoms with Crippen LogP contribution in [0, 0.1) is 6.92 Å². The number of anilines is 1. The predicted octanol–water partition coefficient (Wildman–Crippen LogP) is 1.33. The molecule has 0 bridgehead atoms. The molecule has 20 heavy (non-hydrogen) atoms. The SMILES string of the molecule is Cc1nc(N2CCS(=O)(=O)CC2C)sc1CNC1CC1. The van der Waals surface area contributed by atoms with Crippen molar-refractivity contribution >= 4 is 26.3 Å². The van der Waals surface area contributed by atoms with Crippen molar-refractivity contribution in [1.29, 1.82) is 0 Å². The summed E-state index contributed by atoms with van der Waals surface area (Å²) in [6.45, 7) is 5.45. The molecule has 5 nitrogen and oxygen atoms in total.